The molecule has 1 atom stereocenters. The van der Waals surface area contributed by atoms with E-state index in [4.69, 9.17) is 16.3 Å². The van der Waals surface area contributed by atoms with Crippen molar-refractivity contribution in [2.24, 2.45) is 5.92 Å². The highest BCUT2D eigenvalue weighted by Crippen LogP contribution is 2.35. The van der Waals surface area contributed by atoms with Crippen LogP contribution < -0.4 is 0 Å². The van der Waals surface area contributed by atoms with Crippen LogP contribution in [0.1, 0.15) is 43.6 Å². The van der Waals surface area contributed by atoms with Crippen molar-refractivity contribution < 1.29 is 17.9 Å². The minimum absolute atomic E-state index is 0.221. The van der Waals surface area contributed by atoms with E-state index < -0.39 is 9.84 Å². The molecule has 1 saturated heterocycles. The molecule has 0 spiro atoms. The van der Waals surface area contributed by atoms with Gasteiger partial charge in [0.1, 0.15) is 0 Å². The van der Waals surface area contributed by atoms with Crippen LogP contribution in [0.25, 0.3) is 0 Å². The zero-order chi connectivity index (χ0) is 16.4. The van der Waals surface area contributed by atoms with Crippen LogP contribution in [0.4, 0.5) is 0 Å². The summed E-state index contributed by atoms with van der Waals surface area (Å²) in [6.07, 6.45) is 4.07. The maximum Gasteiger partial charge on any atom is 0.229 e. The Morgan fingerprint density at radius 1 is 1.13 bits per heavy atom. The summed E-state index contributed by atoms with van der Waals surface area (Å²) in [6, 6.07) is 6.69. The molecule has 0 radical (unpaired) electrons. The molecule has 1 aromatic carbocycles. The number of halogens is 1. The van der Waals surface area contributed by atoms with Crippen molar-refractivity contribution in [1.82, 2.24) is 0 Å². The highest BCUT2D eigenvalue weighted by molar-refractivity contribution is 7.92. The Labute approximate surface area is 142 Å². The zero-order valence-corrected chi connectivity index (χ0v) is 14.5. The van der Waals surface area contributed by atoms with E-state index in [1.165, 1.54) is 0 Å². The lowest BCUT2D eigenvalue weighted by Gasteiger charge is -2.25. The van der Waals surface area contributed by atoms with Crippen molar-refractivity contribution in [2.45, 2.75) is 48.2 Å². The molecule has 1 heterocycles. The molecule has 4 nitrogen and oxygen atoms in total. The lowest BCUT2D eigenvalue weighted by molar-refractivity contribution is -0.113. The third kappa shape index (κ3) is 3.95. The van der Waals surface area contributed by atoms with E-state index in [0.717, 1.165) is 44.5 Å². The monoisotopic (exact) mass is 356 g/mol. The summed E-state index contributed by atoms with van der Waals surface area (Å²) in [7, 11) is -3.19. The Hall–Kier alpha value is -0.910. The second-order valence-electron chi connectivity index (χ2n) is 6.46. The van der Waals surface area contributed by atoms with Crippen LogP contribution in [0.5, 0.6) is 0 Å². The van der Waals surface area contributed by atoms with Gasteiger partial charge in [-0.2, -0.15) is 0 Å². The first-order chi connectivity index (χ1) is 11.0. The van der Waals surface area contributed by atoms with E-state index in [0.29, 0.717) is 17.2 Å². The average molecular weight is 357 g/mol. The van der Waals surface area contributed by atoms with Crippen LogP contribution in [-0.2, 0) is 19.4 Å². The van der Waals surface area contributed by atoms with Crippen LogP contribution in [0, 0.1) is 5.92 Å². The molecule has 23 heavy (non-hydrogen) atoms. The Morgan fingerprint density at radius 2 is 1.74 bits per heavy atom. The third-order valence-corrected chi connectivity index (χ3v) is 7.30. The highest BCUT2D eigenvalue weighted by Gasteiger charge is 2.37. The summed E-state index contributed by atoms with van der Waals surface area (Å²) in [4.78, 5) is 12.2. The van der Waals surface area contributed by atoms with Crippen molar-refractivity contribution >= 4 is 26.7 Å². The fourth-order valence-corrected chi connectivity index (χ4v) is 5.01. The fraction of sp³-hybridized carbons (Fsp3) is 0.588. The average Bonchev–Trinajstić information content (AvgIpc) is 3.39. The van der Waals surface area contributed by atoms with Crippen LogP contribution >= 0.6 is 11.6 Å². The number of ether oxygens (including phenoxy) is 1. The fourth-order valence-electron chi connectivity index (χ4n) is 3.14. The van der Waals surface area contributed by atoms with E-state index in [-0.39, 0.29) is 16.4 Å². The first kappa shape index (κ1) is 16.9. The van der Waals surface area contributed by atoms with Crippen LogP contribution in [0.2, 0.25) is 0 Å². The van der Waals surface area contributed by atoms with Gasteiger partial charge >= 0.3 is 0 Å². The largest absolute Gasteiger partial charge is 0.381 e. The van der Waals surface area contributed by atoms with Gasteiger partial charge in [0, 0.05) is 13.2 Å². The first-order valence-electron chi connectivity index (χ1n) is 8.09. The molecule has 0 N–H and O–H groups in total. The lowest BCUT2D eigenvalue weighted by atomic mass is 9.86. The quantitative estimate of drug-likeness (QED) is 0.734. The summed E-state index contributed by atoms with van der Waals surface area (Å²) in [5.74, 6) is 0.0452. The van der Waals surface area contributed by atoms with Gasteiger partial charge in [-0.05, 0) is 67.3 Å². The normalized spacial score (nSPS) is 21.1. The predicted molar refractivity (Wildman–Crippen MR) is 88.4 cm³/mol. The van der Waals surface area contributed by atoms with Gasteiger partial charge in [-0.1, -0.05) is 12.1 Å². The van der Waals surface area contributed by atoms with Gasteiger partial charge in [0.05, 0.1) is 16.1 Å². The summed E-state index contributed by atoms with van der Waals surface area (Å²) < 4.78 is 29.8. The van der Waals surface area contributed by atoms with Crippen molar-refractivity contribution in [1.29, 1.82) is 0 Å². The third-order valence-electron chi connectivity index (χ3n) is 4.76. The molecule has 0 aromatic heterocycles. The molecule has 1 aromatic rings. The van der Waals surface area contributed by atoms with Crippen LogP contribution in [-0.4, -0.2) is 32.1 Å². The molecule has 126 valence electrons. The van der Waals surface area contributed by atoms with E-state index >= 15 is 0 Å². The zero-order valence-electron chi connectivity index (χ0n) is 12.9. The Balaban J connectivity index is 1.75. The topological polar surface area (TPSA) is 60.4 Å². The molecule has 2 aliphatic rings. The number of carbonyl (C=O) groups excluding carboxylic acids is 1. The highest BCUT2D eigenvalue weighted by atomic mass is 35.5. The summed E-state index contributed by atoms with van der Waals surface area (Å²) >= 11 is 5.80. The van der Waals surface area contributed by atoms with Gasteiger partial charge in [-0.3, -0.25) is 4.79 Å². The van der Waals surface area contributed by atoms with E-state index in [2.05, 4.69) is 0 Å². The van der Waals surface area contributed by atoms with Gasteiger partial charge in [0.2, 0.25) is 5.24 Å². The second-order valence-corrected chi connectivity index (χ2v) is 9.06. The SMILES string of the molecule is O=C(Cl)[C@@H](CC1CCOCC1)c1ccc(S(=O)(=O)C2CC2)cc1. The molecule has 3 rings (SSSR count). The van der Waals surface area contributed by atoms with Gasteiger partial charge in [-0.25, -0.2) is 8.42 Å². The standard InChI is InChI=1S/C17H21ClO4S/c18-17(19)16(11-12-7-9-22-10-8-12)13-1-3-14(4-2-13)23(20,21)15-5-6-15/h1-4,12,15-16H,5-11H2/t16-/m0/s1. The van der Waals surface area contributed by atoms with Crippen molar-refractivity contribution in [3.8, 4) is 0 Å². The van der Waals surface area contributed by atoms with Crippen molar-refractivity contribution in [2.75, 3.05) is 13.2 Å². The molecule has 2 fully saturated rings. The number of hydrogen-bond donors (Lipinski definition) is 0. The summed E-state index contributed by atoms with van der Waals surface area (Å²) in [5.41, 5.74) is 0.797. The smallest absolute Gasteiger partial charge is 0.229 e. The van der Waals surface area contributed by atoms with E-state index in [1.807, 2.05) is 0 Å². The predicted octanol–water partition coefficient (Wildman–Crippen LogP) is 3.29. The molecular formula is C17H21ClO4S. The summed E-state index contributed by atoms with van der Waals surface area (Å²) in [5, 5.41) is -0.602. The van der Waals surface area contributed by atoms with Crippen molar-refractivity contribution in [3.63, 3.8) is 0 Å². The molecule has 0 unspecified atom stereocenters. The first-order valence-corrected chi connectivity index (χ1v) is 10.0. The van der Waals surface area contributed by atoms with Gasteiger partial charge in [0.15, 0.2) is 9.84 Å². The Morgan fingerprint density at radius 3 is 2.26 bits per heavy atom. The minimum atomic E-state index is -3.19. The maximum atomic E-state index is 12.2. The molecule has 1 aliphatic heterocycles. The van der Waals surface area contributed by atoms with E-state index in [1.54, 1.807) is 24.3 Å². The number of rotatable bonds is 6. The molecule has 1 saturated carbocycles. The molecule has 0 bridgehead atoms. The molecular weight excluding hydrogens is 336 g/mol. The Kier molecular flexibility index (Phi) is 5.09. The minimum Gasteiger partial charge on any atom is -0.381 e. The van der Waals surface area contributed by atoms with Crippen LogP contribution in [0.15, 0.2) is 29.2 Å². The number of sulfone groups is 1. The van der Waals surface area contributed by atoms with Gasteiger partial charge < -0.3 is 4.74 Å². The van der Waals surface area contributed by atoms with Gasteiger partial charge in [0.25, 0.3) is 0 Å². The Bertz CT molecular complexity index is 658. The molecule has 0 amide bonds. The molecule has 1 aliphatic carbocycles. The number of carbonyl (C=O) groups is 1. The van der Waals surface area contributed by atoms with E-state index in [9.17, 15) is 13.2 Å². The lowest BCUT2D eigenvalue weighted by Crippen LogP contribution is -2.20. The van der Waals surface area contributed by atoms with Crippen molar-refractivity contribution in [3.05, 3.63) is 29.8 Å². The second kappa shape index (κ2) is 6.91. The number of benzene rings is 1. The molecule has 6 heteroatoms. The van der Waals surface area contributed by atoms with Crippen LogP contribution in [0.3, 0.4) is 0 Å². The summed E-state index contributed by atoms with van der Waals surface area (Å²) in [6.45, 7) is 1.46. The maximum absolute atomic E-state index is 12.2. The number of hydrogen-bond acceptors (Lipinski definition) is 4. The van der Waals surface area contributed by atoms with Gasteiger partial charge in [-0.15, -0.1) is 0 Å².